The van der Waals surface area contributed by atoms with Crippen LogP contribution in [0.3, 0.4) is 0 Å². The Morgan fingerprint density at radius 3 is 2.88 bits per heavy atom. The zero-order valence-corrected chi connectivity index (χ0v) is 9.98. The van der Waals surface area contributed by atoms with Crippen molar-refractivity contribution in [1.29, 1.82) is 0 Å². The van der Waals surface area contributed by atoms with E-state index in [0.29, 0.717) is 11.6 Å². The third-order valence-electron chi connectivity index (χ3n) is 2.42. The lowest BCUT2D eigenvalue weighted by molar-refractivity contribution is 0.0697. The third-order valence-corrected chi connectivity index (χ3v) is 2.77. The van der Waals surface area contributed by atoms with Crippen LogP contribution >= 0.6 is 11.6 Å². The smallest absolute Gasteiger partial charge is 0.338 e. The van der Waals surface area contributed by atoms with Gasteiger partial charge in [0, 0.05) is 11.2 Å². The molecule has 1 heterocycles. The van der Waals surface area contributed by atoms with E-state index >= 15 is 0 Å². The highest BCUT2D eigenvalue weighted by molar-refractivity contribution is 6.31. The summed E-state index contributed by atoms with van der Waals surface area (Å²) in [4.78, 5) is 10.7. The van der Waals surface area contributed by atoms with Crippen LogP contribution < -0.4 is 0 Å². The van der Waals surface area contributed by atoms with Crippen LogP contribution in [0.1, 0.15) is 21.5 Å². The molecule has 1 aromatic heterocycles. The van der Waals surface area contributed by atoms with Crippen LogP contribution in [0.5, 0.6) is 0 Å². The molecule has 0 unspecified atom stereocenters. The summed E-state index contributed by atoms with van der Waals surface area (Å²) in [6.45, 7) is 2.43. The number of rotatable bonds is 3. The molecule has 1 N–H and O–H groups in total. The molecule has 0 bridgehead atoms. The molecule has 0 saturated carbocycles. The first-order valence-corrected chi connectivity index (χ1v) is 5.45. The summed E-state index contributed by atoms with van der Waals surface area (Å²) in [5, 5.41) is 13.4. The van der Waals surface area contributed by atoms with Crippen molar-refractivity contribution in [3.63, 3.8) is 0 Å². The number of carboxylic acid groups (broad SMARTS) is 1. The first-order valence-electron chi connectivity index (χ1n) is 5.07. The maximum atomic E-state index is 10.7. The van der Waals surface area contributed by atoms with Crippen LogP contribution in [-0.4, -0.2) is 20.9 Å². The summed E-state index contributed by atoms with van der Waals surface area (Å²) < 4.78 is 1.56. The van der Waals surface area contributed by atoms with Crippen molar-refractivity contribution >= 4 is 17.6 Å². The Morgan fingerprint density at radius 2 is 2.29 bits per heavy atom. The summed E-state index contributed by atoms with van der Waals surface area (Å²) in [5.74, 6) is -0.980. The SMILES string of the molecule is Cc1ccc(Cn2cc(C(=O)O)cn2)c(Cl)c1. The summed E-state index contributed by atoms with van der Waals surface area (Å²) in [6.07, 6.45) is 2.81. The predicted octanol–water partition coefficient (Wildman–Crippen LogP) is 2.59. The first kappa shape index (κ1) is 11.7. The lowest BCUT2D eigenvalue weighted by Gasteiger charge is -2.05. The van der Waals surface area contributed by atoms with Gasteiger partial charge < -0.3 is 5.11 Å². The number of benzene rings is 1. The van der Waals surface area contributed by atoms with Gasteiger partial charge in [0.2, 0.25) is 0 Å². The van der Waals surface area contributed by atoms with Crippen molar-refractivity contribution < 1.29 is 9.90 Å². The molecule has 0 fully saturated rings. The van der Waals surface area contributed by atoms with Crippen LogP contribution in [0.15, 0.2) is 30.6 Å². The molecule has 5 heteroatoms. The second-order valence-corrected chi connectivity index (χ2v) is 4.23. The Balaban J connectivity index is 2.22. The van der Waals surface area contributed by atoms with E-state index in [1.54, 1.807) is 4.68 Å². The van der Waals surface area contributed by atoms with E-state index in [4.69, 9.17) is 16.7 Å². The molecule has 2 rings (SSSR count). The number of carbonyl (C=O) groups is 1. The lowest BCUT2D eigenvalue weighted by Crippen LogP contribution is -2.01. The fourth-order valence-electron chi connectivity index (χ4n) is 1.52. The number of aromatic carboxylic acids is 1. The number of hydrogen-bond acceptors (Lipinski definition) is 2. The molecular formula is C12H11ClN2O2. The largest absolute Gasteiger partial charge is 0.478 e. The summed E-state index contributed by atoms with van der Waals surface area (Å²) in [6, 6.07) is 5.75. The summed E-state index contributed by atoms with van der Waals surface area (Å²) in [5.41, 5.74) is 2.18. The molecule has 88 valence electrons. The quantitative estimate of drug-likeness (QED) is 0.911. The van der Waals surface area contributed by atoms with Gasteiger partial charge in [-0.1, -0.05) is 23.7 Å². The Kier molecular flexibility index (Phi) is 3.15. The van der Waals surface area contributed by atoms with Gasteiger partial charge in [-0.3, -0.25) is 4.68 Å². The molecule has 0 saturated heterocycles. The van der Waals surface area contributed by atoms with E-state index in [0.717, 1.165) is 11.1 Å². The summed E-state index contributed by atoms with van der Waals surface area (Å²) >= 11 is 6.09. The first-order chi connectivity index (χ1) is 8.06. The highest BCUT2D eigenvalue weighted by Crippen LogP contribution is 2.18. The Labute approximate surface area is 103 Å². The highest BCUT2D eigenvalue weighted by atomic mass is 35.5. The number of aryl methyl sites for hydroxylation is 1. The molecule has 2 aromatic rings. The van der Waals surface area contributed by atoms with Gasteiger partial charge in [-0.05, 0) is 24.1 Å². The van der Waals surface area contributed by atoms with Crippen molar-refractivity contribution in [1.82, 2.24) is 9.78 Å². The average molecular weight is 251 g/mol. The van der Waals surface area contributed by atoms with Crippen molar-refractivity contribution in [3.05, 3.63) is 52.3 Å². The number of carboxylic acids is 1. The van der Waals surface area contributed by atoms with Crippen LogP contribution in [0, 0.1) is 6.92 Å². The third kappa shape index (κ3) is 2.65. The van der Waals surface area contributed by atoms with Gasteiger partial charge in [0.25, 0.3) is 0 Å². The predicted molar refractivity (Wildman–Crippen MR) is 64.5 cm³/mol. The number of aromatic nitrogens is 2. The monoisotopic (exact) mass is 250 g/mol. The Bertz CT molecular complexity index is 563. The minimum Gasteiger partial charge on any atom is -0.478 e. The molecule has 0 aliphatic carbocycles. The summed E-state index contributed by atoms with van der Waals surface area (Å²) in [7, 11) is 0. The van der Waals surface area contributed by atoms with E-state index in [2.05, 4.69) is 5.10 Å². The van der Waals surface area contributed by atoms with E-state index < -0.39 is 5.97 Å². The van der Waals surface area contributed by atoms with Crippen molar-refractivity contribution in [2.75, 3.05) is 0 Å². The Hall–Kier alpha value is -1.81. The molecule has 17 heavy (non-hydrogen) atoms. The molecule has 0 radical (unpaired) electrons. The van der Waals surface area contributed by atoms with Gasteiger partial charge in [-0.2, -0.15) is 5.10 Å². The van der Waals surface area contributed by atoms with Crippen molar-refractivity contribution in [2.45, 2.75) is 13.5 Å². The maximum Gasteiger partial charge on any atom is 0.338 e. The maximum absolute atomic E-state index is 10.7. The van der Waals surface area contributed by atoms with Crippen LogP contribution in [0.4, 0.5) is 0 Å². The van der Waals surface area contributed by atoms with E-state index in [-0.39, 0.29) is 5.56 Å². The van der Waals surface area contributed by atoms with E-state index in [1.165, 1.54) is 12.4 Å². The minimum absolute atomic E-state index is 0.174. The molecule has 1 aromatic carbocycles. The minimum atomic E-state index is -0.980. The average Bonchev–Trinajstić information content (AvgIpc) is 2.71. The molecule has 0 amide bonds. The van der Waals surface area contributed by atoms with Crippen molar-refractivity contribution in [2.24, 2.45) is 0 Å². The van der Waals surface area contributed by atoms with Crippen LogP contribution in [0.25, 0.3) is 0 Å². The lowest BCUT2D eigenvalue weighted by atomic mass is 10.1. The van der Waals surface area contributed by atoms with Gasteiger partial charge in [0.05, 0.1) is 18.3 Å². The van der Waals surface area contributed by atoms with Gasteiger partial charge in [0.1, 0.15) is 0 Å². The fourth-order valence-corrected chi connectivity index (χ4v) is 1.81. The molecule has 0 aliphatic rings. The molecule has 0 spiro atoms. The van der Waals surface area contributed by atoms with E-state index in [1.807, 2.05) is 25.1 Å². The van der Waals surface area contributed by atoms with Crippen LogP contribution in [-0.2, 0) is 6.54 Å². The van der Waals surface area contributed by atoms with Gasteiger partial charge >= 0.3 is 5.97 Å². The molecular weight excluding hydrogens is 240 g/mol. The molecule has 0 atom stereocenters. The standard InChI is InChI=1S/C12H11ClN2O2/c1-8-2-3-9(11(13)4-8)6-15-7-10(5-14-15)12(16)17/h2-5,7H,6H2,1H3,(H,16,17). The molecule has 0 aliphatic heterocycles. The van der Waals surface area contributed by atoms with Crippen LogP contribution in [0.2, 0.25) is 5.02 Å². The van der Waals surface area contributed by atoms with E-state index in [9.17, 15) is 4.79 Å². The number of nitrogens with zero attached hydrogens (tertiary/aromatic N) is 2. The molecule has 4 nitrogen and oxygen atoms in total. The van der Waals surface area contributed by atoms with Gasteiger partial charge in [-0.15, -0.1) is 0 Å². The number of hydrogen-bond donors (Lipinski definition) is 1. The Morgan fingerprint density at radius 1 is 1.53 bits per heavy atom. The second kappa shape index (κ2) is 4.59. The van der Waals surface area contributed by atoms with Gasteiger partial charge in [-0.25, -0.2) is 4.79 Å². The zero-order chi connectivity index (χ0) is 12.4. The normalized spacial score (nSPS) is 10.5. The van der Waals surface area contributed by atoms with Crippen molar-refractivity contribution in [3.8, 4) is 0 Å². The zero-order valence-electron chi connectivity index (χ0n) is 9.22. The fraction of sp³-hybridized carbons (Fsp3) is 0.167. The topological polar surface area (TPSA) is 55.1 Å². The number of halogens is 1. The van der Waals surface area contributed by atoms with Gasteiger partial charge in [0.15, 0.2) is 0 Å². The highest BCUT2D eigenvalue weighted by Gasteiger charge is 2.07. The second-order valence-electron chi connectivity index (χ2n) is 3.83.